The van der Waals surface area contributed by atoms with Crippen LogP contribution < -0.4 is 10.1 Å². The van der Waals surface area contributed by atoms with Crippen LogP contribution in [-0.2, 0) is 13.0 Å². The second-order valence-corrected chi connectivity index (χ2v) is 5.44. The highest BCUT2D eigenvalue weighted by molar-refractivity contribution is 5.14. The highest BCUT2D eigenvalue weighted by Gasteiger charge is 2.20. The summed E-state index contributed by atoms with van der Waals surface area (Å²) in [6.45, 7) is 1.45. The number of hydrogen-bond donors (Lipinski definition) is 1. The van der Waals surface area contributed by atoms with Gasteiger partial charge in [-0.1, -0.05) is 30.3 Å². The van der Waals surface area contributed by atoms with Crippen molar-refractivity contribution in [2.75, 3.05) is 6.61 Å². The van der Waals surface area contributed by atoms with E-state index in [2.05, 4.69) is 39.6 Å². The number of benzene rings is 1. The zero-order chi connectivity index (χ0) is 14.3. The molecule has 0 radical (unpaired) electrons. The van der Waals surface area contributed by atoms with Crippen molar-refractivity contribution >= 4 is 0 Å². The van der Waals surface area contributed by atoms with Gasteiger partial charge in [-0.15, -0.1) is 0 Å². The van der Waals surface area contributed by atoms with E-state index < -0.39 is 0 Å². The quantitative estimate of drug-likeness (QED) is 0.757. The van der Waals surface area contributed by atoms with Crippen molar-refractivity contribution in [2.45, 2.75) is 38.3 Å². The van der Waals surface area contributed by atoms with Crippen LogP contribution in [0.5, 0.6) is 5.88 Å². The molecular formula is C17H21N3O. The van der Waals surface area contributed by atoms with Gasteiger partial charge in [0.2, 0.25) is 5.88 Å². The fraction of sp³-hybridized carbons (Fsp3) is 0.412. The lowest BCUT2D eigenvalue weighted by Crippen LogP contribution is -2.16. The van der Waals surface area contributed by atoms with Gasteiger partial charge < -0.3 is 10.1 Å². The van der Waals surface area contributed by atoms with Crippen LogP contribution in [0.1, 0.15) is 30.5 Å². The summed E-state index contributed by atoms with van der Waals surface area (Å²) in [6.07, 6.45) is 8.05. The van der Waals surface area contributed by atoms with Gasteiger partial charge in [0.1, 0.15) is 0 Å². The molecule has 21 heavy (non-hydrogen) atoms. The number of nitrogens with zero attached hydrogens (tertiary/aromatic N) is 2. The minimum Gasteiger partial charge on any atom is -0.477 e. The summed E-state index contributed by atoms with van der Waals surface area (Å²) < 4.78 is 5.69. The number of nitrogens with one attached hydrogen (secondary N) is 1. The van der Waals surface area contributed by atoms with E-state index in [0.717, 1.165) is 25.1 Å². The van der Waals surface area contributed by atoms with E-state index in [1.54, 1.807) is 12.4 Å². The molecule has 1 fully saturated rings. The molecule has 4 nitrogen and oxygen atoms in total. The smallest absolute Gasteiger partial charge is 0.232 e. The van der Waals surface area contributed by atoms with Crippen molar-refractivity contribution in [3.8, 4) is 5.88 Å². The van der Waals surface area contributed by atoms with Crippen LogP contribution in [0, 0.1) is 0 Å². The summed E-state index contributed by atoms with van der Waals surface area (Å²) in [4.78, 5) is 8.66. The monoisotopic (exact) mass is 283 g/mol. The van der Waals surface area contributed by atoms with Crippen LogP contribution >= 0.6 is 0 Å². The van der Waals surface area contributed by atoms with Crippen LogP contribution in [0.2, 0.25) is 0 Å². The highest BCUT2D eigenvalue weighted by atomic mass is 16.5. The maximum Gasteiger partial charge on any atom is 0.232 e. The summed E-state index contributed by atoms with van der Waals surface area (Å²) in [7, 11) is 0. The fourth-order valence-electron chi connectivity index (χ4n) is 2.18. The van der Waals surface area contributed by atoms with E-state index >= 15 is 0 Å². The first-order chi connectivity index (χ1) is 10.4. The maximum absolute atomic E-state index is 5.69. The van der Waals surface area contributed by atoms with Crippen molar-refractivity contribution < 1.29 is 4.74 Å². The van der Waals surface area contributed by atoms with Crippen molar-refractivity contribution in [3.63, 3.8) is 0 Å². The molecule has 0 atom stereocenters. The van der Waals surface area contributed by atoms with Gasteiger partial charge in [-0.2, -0.15) is 0 Å². The molecular weight excluding hydrogens is 262 g/mol. The Kier molecular flexibility index (Phi) is 4.79. The maximum atomic E-state index is 5.69. The predicted molar refractivity (Wildman–Crippen MR) is 82.2 cm³/mol. The molecule has 2 aromatic rings. The van der Waals surface area contributed by atoms with Gasteiger partial charge in [-0.25, -0.2) is 4.98 Å². The molecule has 0 bridgehead atoms. The molecule has 0 saturated heterocycles. The first-order valence-electron chi connectivity index (χ1n) is 7.61. The number of rotatable bonds is 8. The van der Waals surface area contributed by atoms with Crippen molar-refractivity contribution in [1.82, 2.24) is 15.3 Å². The number of aromatic nitrogens is 2. The van der Waals surface area contributed by atoms with Crippen molar-refractivity contribution in [3.05, 3.63) is 54.0 Å². The fourth-order valence-corrected chi connectivity index (χ4v) is 2.18. The third kappa shape index (κ3) is 4.83. The van der Waals surface area contributed by atoms with Gasteiger partial charge in [-0.3, -0.25) is 4.98 Å². The van der Waals surface area contributed by atoms with Gasteiger partial charge in [0.25, 0.3) is 0 Å². The Hall–Kier alpha value is -1.94. The molecule has 4 heteroatoms. The van der Waals surface area contributed by atoms with E-state index in [1.807, 2.05) is 6.07 Å². The number of hydrogen-bond acceptors (Lipinski definition) is 4. The second-order valence-electron chi connectivity index (χ2n) is 5.44. The minimum atomic E-state index is 0.623. The topological polar surface area (TPSA) is 47.0 Å². The summed E-state index contributed by atoms with van der Waals surface area (Å²) in [5, 5.41) is 3.43. The summed E-state index contributed by atoms with van der Waals surface area (Å²) in [5.41, 5.74) is 2.29. The van der Waals surface area contributed by atoms with Crippen LogP contribution in [0.15, 0.2) is 42.7 Å². The normalized spacial score (nSPS) is 14.1. The third-order valence-electron chi connectivity index (χ3n) is 3.51. The SMILES string of the molecule is c1ccc(CCCOc2cncc(CNC3CC3)n2)cc1. The molecule has 110 valence electrons. The Balaban J connectivity index is 1.41. The molecule has 0 amide bonds. The molecule has 0 spiro atoms. The van der Waals surface area contributed by atoms with Crippen molar-refractivity contribution in [2.24, 2.45) is 0 Å². The molecule has 1 N–H and O–H groups in total. The van der Waals surface area contributed by atoms with Gasteiger partial charge >= 0.3 is 0 Å². The second kappa shape index (κ2) is 7.18. The average Bonchev–Trinajstić information content (AvgIpc) is 3.35. The Labute approximate surface area is 125 Å². The Morgan fingerprint density at radius 3 is 2.81 bits per heavy atom. The largest absolute Gasteiger partial charge is 0.477 e. The van der Waals surface area contributed by atoms with Crippen LogP contribution in [0.25, 0.3) is 0 Å². The molecule has 1 aliphatic carbocycles. The van der Waals surface area contributed by atoms with Gasteiger partial charge in [0, 0.05) is 18.8 Å². The summed E-state index contributed by atoms with van der Waals surface area (Å²) in [5.74, 6) is 0.623. The van der Waals surface area contributed by atoms with E-state index in [1.165, 1.54) is 18.4 Å². The molecule has 1 aromatic carbocycles. The minimum absolute atomic E-state index is 0.623. The molecule has 0 aliphatic heterocycles. The van der Waals surface area contributed by atoms with Gasteiger partial charge in [0.15, 0.2) is 0 Å². The predicted octanol–water partition coefficient (Wildman–Crippen LogP) is 2.74. The Morgan fingerprint density at radius 2 is 2.00 bits per heavy atom. The van der Waals surface area contributed by atoms with E-state index in [9.17, 15) is 0 Å². The van der Waals surface area contributed by atoms with Crippen LogP contribution in [0.4, 0.5) is 0 Å². The lowest BCUT2D eigenvalue weighted by Gasteiger charge is -2.07. The molecule has 1 aliphatic rings. The Bertz CT molecular complexity index is 555. The Morgan fingerprint density at radius 1 is 1.14 bits per heavy atom. The highest BCUT2D eigenvalue weighted by Crippen LogP contribution is 2.19. The average molecular weight is 283 g/mol. The first kappa shape index (κ1) is 14.0. The van der Waals surface area contributed by atoms with Crippen LogP contribution in [0.3, 0.4) is 0 Å². The van der Waals surface area contributed by atoms with E-state index in [0.29, 0.717) is 18.5 Å². The lowest BCUT2D eigenvalue weighted by atomic mass is 10.1. The zero-order valence-corrected chi connectivity index (χ0v) is 12.2. The van der Waals surface area contributed by atoms with Gasteiger partial charge in [0.05, 0.1) is 18.5 Å². The summed E-state index contributed by atoms with van der Waals surface area (Å²) in [6, 6.07) is 11.1. The number of aryl methyl sites for hydroxylation is 1. The lowest BCUT2D eigenvalue weighted by molar-refractivity contribution is 0.296. The standard InChI is InChI=1S/C17H21N3O/c1-2-5-14(6-3-1)7-4-10-21-17-13-18-11-16(20-17)12-19-15-8-9-15/h1-3,5-6,11,13,15,19H,4,7-10,12H2. The number of ether oxygens (including phenoxy) is 1. The molecule has 1 saturated carbocycles. The molecule has 1 aromatic heterocycles. The molecule has 1 heterocycles. The van der Waals surface area contributed by atoms with Crippen LogP contribution in [-0.4, -0.2) is 22.6 Å². The van der Waals surface area contributed by atoms with Crippen molar-refractivity contribution in [1.29, 1.82) is 0 Å². The van der Waals surface area contributed by atoms with E-state index in [-0.39, 0.29) is 0 Å². The summed E-state index contributed by atoms with van der Waals surface area (Å²) >= 11 is 0. The molecule has 0 unspecified atom stereocenters. The van der Waals surface area contributed by atoms with Gasteiger partial charge in [-0.05, 0) is 31.2 Å². The molecule has 3 rings (SSSR count). The third-order valence-corrected chi connectivity index (χ3v) is 3.51. The zero-order valence-electron chi connectivity index (χ0n) is 12.2. The first-order valence-corrected chi connectivity index (χ1v) is 7.61. The van der Waals surface area contributed by atoms with E-state index in [4.69, 9.17) is 4.74 Å².